The van der Waals surface area contributed by atoms with Gasteiger partial charge >= 0.3 is 12.3 Å². The zero-order valence-electron chi connectivity index (χ0n) is 18.0. The molecule has 172 valence electrons. The van der Waals surface area contributed by atoms with Crippen molar-refractivity contribution >= 4 is 17.5 Å². The number of nitrogens with one attached hydrogen (secondary N) is 1. The first-order chi connectivity index (χ1) is 15.1. The van der Waals surface area contributed by atoms with Crippen LogP contribution in [0, 0.1) is 0 Å². The minimum Gasteiger partial charge on any atom is -0.441 e. The topological polar surface area (TPSA) is 80.5 Å². The molecule has 1 atom stereocenters. The molecule has 1 aromatic heterocycles. The van der Waals surface area contributed by atoms with Crippen molar-refractivity contribution in [3.8, 4) is 0 Å². The summed E-state index contributed by atoms with van der Waals surface area (Å²) in [7, 11) is 0. The lowest BCUT2D eigenvalue weighted by molar-refractivity contribution is -0.141. The molecule has 3 N–H and O–H groups in total. The van der Waals surface area contributed by atoms with Gasteiger partial charge in [-0.1, -0.05) is 30.3 Å². The van der Waals surface area contributed by atoms with E-state index in [2.05, 4.69) is 10.3 Å². The predicted molar refractivity (Wildman–Crippen MR) is 115 cm³/mol. The highest BCUT2D eigenvalue weighted by Crippen LogP contribution is 2.44. The summed E-state index contributed by atoms with van der Waals surface area (Å²) in [6, 6.07) is 10.5. The lowest BCUT2D eigenvalue weighted by atomic mass is 9.86. The number of nitrogens with zero attached hydrogens (tertiary/aromatic N) is 2. The first kappa shape index (κ1) is 22.2. The molecule has 1 saturated carbocycles. The molecule has 1 aromatic carbocycles. The second-order valence-corrected chi connectivity index (χ2v) is 9.00. The van der Waals surface area contributed by atoms with E-state index in [0.717, 1.165) is 17.8 Å². The van der Waals surface area contributed by atoms with Gasteiger partial charge in [0, 0.05) is 12.1 Å². The molecule has 0 radical (unpaired) electrons. The van der Waals surface area contributed by atoms with Crippen molar-refractivity contribution in [3.05, 3.63) is 53.9 Å². The van der Waals surface area contributed by atoms with Crippen molar-refractivity contribution in [3.63, 3.8) is 0 Å². The molecule has 4 rings (SSSR count). The molecular formula is C23H27F3N4O2. The Morgan fingerprint density at radius 3 is 2.44 bits per heavy atom. The van der Waals surface area contributed by atoms with Crippen LogP contribution in [0.5, 0.6) is 0 Å². The fourth-order valence-corrected chi connectivity index (χ4v) is 4.80. The summed E-state index contributed by atoms with van der Waals surface area (Å²) in [5.74, 6) is 0. The van der Waals surface area contributed by atoms with Crippen molar-refractivity contribution in [2.45, 2.75) is 69.4 Å². The van der Waals surface area contributed by atoms with Gasteiger partial charge in [0.1, 0.15) is 11.3 Å². The highest BCUT2D eigenvalue weighted by atomic mass is 19.4. The zero-order valence-corrected chi connectivity index (χ0v) is 18.0. The number of hydrogen-bond donors (Lipinski definition) is 2. The number of amides is 1. The molecule has 2 fully saturated rings. The van der Waals surface area contributed by atoms with Crippen LogP contribution in [0.2, 0.25) is 0 Å². The van der Waals surface area contributed by atoms with Gasteiger partial charge < -0.3 is 15.8 Å². The Morgan fingerprint density at radius 1 is 1.16 bits per heavy atom. The number of hydrogen-bond acceptors (Lipinski definition) is 5. The standard InChI is InChI=1S/C23H27F3N4O2/c1-22(2)20(14-6-4-3-5-7-14)30(21(31)32-22)16-10-8-15(9-11-16)29-18-12-19(23(24,25)26)28-13-17(18)27/h3-7,12-13,15-16,20H,8-11,27H2,1-2H3,(H,28,29). The molecule has 6 nitrogen and oxygen atoms in total. The summed E-state index contributed by atoms with van der Waals surface area (Å²) in [4.78, 5) is 18.0. The number of carbonyl (C=O) groups excluding carboxylic acids is 1. The van der Waals surface area contributed by atoms with E-state index in [1.54, 1.807) is 0 Å². The number of alkyl halides is 3. The van der Waals surface area contributed by atoms with Crippen LogP contribution in [0.3, 0.4) is 0 Å². The monoisotopic (exact) mass is 448 g/mol. The lowest BCUT2D eigenvalue weighted by Crippen LogP contribution is -2.44. The van der Waals surface area contributed by atoms with Crippen LogP contribution in [0.15, 0.2) is 42.6 Å². The van der Waals surface area contributed by atoms with E-state index < -0.39 is 17.5 Å². The minimum absolute atomic E-state index is 0.00643. The number of rotatable bonds is 4. The molecule has 2 aromatic rings. The van der Waals surface area contributed by atoms with E-state index in [9.17, 15) is 18.0 Å². The van der Waals surface area contributed by atoms with E-state index in [-0.39, 0.29) is 35.6 Å². The maximum Gasteiger partial charge on any atom is 0.433 e. The fourth-order valence-electron chi connectivity index (χ4n) is 4.80. The van der Waals surface area contributed by atoms with Crippen molar-refractivity contribution in [1.82, 2.24) is 9.88 Å². The summed E-state index contributed by atoms with van der Waals surface area (Å²) < 4.78 is 44.7. The third kappa shape index (κ3) is 4.33. The van der Waals surface area contributed by atoms with E-state index >= 15 is 0 Å². The summed E-state index contributed by atoms with van der Waals surface area (Å²) in [6.45, 7) is 3.83. The van der Waals surface area contributed by atoms with Crippen LogP contribution in [0.4, 0.5) is 29.3 Å². The number of halogens is 3. The van der Waals surface area contributed by atoms with Crippen LogP contribution in [0.1, 0.15) is 56.8 Å². The third-order valence-corrected chi connectivity index (χ3v) is 6.29. The Bertz CT molecular complexity index is 973. The van der Waals surface area contributed by atoms with E-state index in [1.165, 1.54) is 0 Å². The largest absolute Gasteiger partial charge is 0.441 e. The first-order valence-electron chi connectivity index (χ1n) is 10.7. The van der Waals surface area contributed by atoms with Gasteiger partial charge in [0.2, 0.25) is 0 Å². The van der Waals surface area contributed by atoms with Crippen LogP contribution < -0.4 is 11.1 Å². The first-order valence-corrected chi connectivity index (χ1v) is 10.7. The molecule has 0 spiro atoms. The molecular weight excluding hydrogens is 421 g/mol. The maximum absolute atomic E-state index is 13.0. The normalized spacial score (nSPS) is 25.5. The average molecular weight is 448 g/mol. The van der Waals surface area contributed by atoms with E-state index in [0.29, 0.717) is 25.7 Å². The smallest absolute Gasteiger partial charge is 0.433 e. The minimum atomic E-state index is -4.53. The Morgan fingerprint density at radius 2 is 1.81 bits per heavy atom. The molecule has 1 saturated heterocycles. The van der Waals surface area contributed by atoms with Gasteiger partial charge in [-0.2, -0.15) is 13.2 Å². The van der Waals surface area contributed by atoms with Crippen molar-refractivity contribution in [2.24, 2.45) is 0 Å². The van der Waals surface area contributed by atoms with Crippen LogP contribution in [-0.2, 0) is 10.9 Å². The van der Waals surface area contributed by atoms with Crippen molar-refractivity contribution in [2.75, 3.05) is 11.1 Å². The van der Waals surface area contributed by atoms with Gasteiger partial charge in [0.05, 0.1) is 23.6 Å². The Kier molecular flexibility index (Phi) is 5.68. The zero-order chi connectivity index (χ0) is 23.1. The van der Waals surface area contributed by atoms with Crippen LogP contribution >= 0.6 is 0 Å². The predicted octanol–water partition coefficient (Wildman–Crippen LogP) is 5.38. The molecule has 1 aliphatic heterocycles. The number of pyridine rings is 1. The van der Waals surface area contributed by atoms with Gasteiger partial charge in [0.15, 0.2) is 0 Å². The number of carbonyl (C=O) groups is 1. The van der Waals surface area contributed by atoms with Gasteiger partial charge in [-0.25, -0.2) is 9.78 Å². The third-order valence-electron chi connectivity index (χ3n) is 6.29. The molecule has 1 aliphatic carbocycles. The second-order valence-electron chi connectivity index (χ2n) is 9.00. The molecule has 1 unspecified atom stereocenters. The summed E-state index contributed by atoms with van der Waals surface area (Å²) in [5, 5.41) is 3.14. The molecule has 9 heteroatoms. The summed E-state index contributed by atoms with van der Waals surface area (Å²) in [5.41, 5.74) is 5.64. The molecule has 1 amide bonds. The molecule has 32 heavy (non-hydrogen) atoms. The van der Waals surface area contributed by atoms with Crippen LogP contribution in [0.25, 0.3) is 0 Å². The molecule has 2 aliphatic rings. The number of benzene rings is 1. The number of cyclic esters (lactones) is 1. The maximum atomic E-state index is 13.0. The van der Waals surface area contributed by atoms with Gasteiger partial charge in [-0.3, -0.25) is 4.90 Å². The average Bonchev–Trinajstić information content (AvgIpc) is 2.98. The number of ether oxygens (including phenoxy) is 1. The number of nitrogen functional groups attached to an aromatic ring is 1. The van der Waals surface area contributed by atoms with Crippen molar-refractivity contribution < 1.29 is 22.7 Å². The number of aromatic nitrogens is 1. The Balaban J connectivity index is 1.46. The van der Waals surface area contributed by atoms with Gasteiger partial charge in [-0.15, -0.1) is 0 Å². The highest BCUT2D eigenvalue weighted by molar-refractivity contribution is 5.72. The van der Waals surface area contributed by atoms with Gasteiger partial charge in [-0.05, 0) is 51.2 Å². The van der Waals surface area contributed by atoms with Gasteiger partial charge in [0.25, 0.3) is 0 Å². The summed E-state index contributed by atoms with van der Waals surface area (Å²) >= 11 is 0. The van der Waals surface area contributed by atoms with Crippen LogP contribution in [-0.4, -0.2) is 33.7 Å². The SMILES string of the molecule is CC1(C)OC(=O)N(C2CCC(Nc3cc(C(F)(F)F)ncc3N)CC2)C1c1ccccc1. The Labute approximate surface area is 184 Å². The Hall–Kier alpha value is -2.97. The summed E-state index contributed by atoms with van der Waals surface area (Å²) in [6.07, 6.45) is -1.01. The quantitative estimate of drug-likeness (QED) is 0.657. The molecule has 0 bridgehead atoms. The lowest BCUT2D eigenvalue weighted by Gasteiger charge is -2.38. The van der Waals surface area contributed by atoms with E-state index in [4.69, 9.17) is 10.5 Å². The number of nitrogens with two attached hydrogens (primary N) is 1. The van der Waals surface area contributed by atoms with E-state index in [1.807, 2.05) is 49.1 Å². The van der Waals surface area contributed by atoms with Crippen molar-refractivity contribution in [1.29, 1.82) is 0 Å². The fraction of sp³-hybridized carbons (Fsp3) is 0.478. The number of anilines is 2. The molecule has 2 heterocycles. The second kappa shape index (κ2) is 8.18. The highest BCUT2D eigenvalue weighted by Gasteiger charge is 2.51.